The lowest BCUT2D eigenvalue weighted by molar-refractivity contribution is 0.0437. The van der Waals surface area contributed by atoms with Crippen LogP contribution in [0.4, 0.5) is 22.0 Å². The van der Waals surface area contributed by atoms with Crippen LogP contribution in [0, 0.1) is 17.6 Å². The molecule has 1 fully saturated rings. The SMILES string of the molecule is C[C@@H]1Cc2c([nH]c3ccccc23)C(c2c(F)cc(OCCN3CC(CF)C3)cc2F)N1CC(F)F. The molecule has 1 aromatic heterocycles. The molecule has 9 heteroatoms. The summed E-state index contributed by atoms with van der Waals surface area (Å²) in [4.78, 5) is 6.72. The number of ether oxygens (including phenoxy) is 1. The molecule has 3 aromatic rings. The molecule has 3 heterocycles. The average Bonchev–Trinajstić information content (AvgIpc) is 3.14. The van der Waals surface area contributed by atoms with Crippen molar-refractivity contribution in [2.75, 3.05) is 39.5 Å². The van der Waals surface area contributed by atoms with Crippen molar-refractivity contribution in [2.45, 2.75) is 31.9 Å². The molecule has 188 valence electrons. The van der Waals surface area contributed by atoms with Crippen molar-refractivity contribution < 1.29 is 26.7 Å². The zero-order chi connectivity index (χ0) is 24.7. The standard InChI is InChI=1S/C26H28F5N3O/c1-15-8-19-18-4-2-3-5-22(18)32-25(19)26(34(15)14-23(30)31)24-20(28)9-17(10-21(24)29)35-7-6-33-12-16(11-27)13-33/h2-5,9-10,15-16,23,26,32H,6-8,11-14H2,1H3/t15-,26?/m1/s1. The van der Waals surface area contributed by atoms with Gasteiger partial charge >= 0.3 is 0 Å². The van der Waals surface area contributed by atoms with Crippen LogP contribution in [0.3, 0.4) is 0 Å². The van der Waals surface area contributed by atoms with Gasteiger partial charge < -0.3 is 9.72 Å². The third kappa shape index (κ3) is 4.63. The molecule has 35 heavy (non-hydrogen) atoms. The van der Waals surface area contributed by atoms with E-state index in [1.54, 1.807) is 6.92 Å². The maximum absolute atomic E-state index is 15.4. The number of rotatable bonds is 8. The zero-order valence-corrected chi connectivity index (χ0v) is 19.4. The molecule has 0 aliphatic carbocycles. The van der Waals surface area contributed by atoms with Gasteiger partial charge in [-0.3, -0.25) is 14.2 Å². The number of likely N-dealkylation sites (tertiary alicyclic amines) is 1. The van der Waals surface area contributed by atoms with Gasteiger partial charge in [0, 0.05) is 65.9 Å². The molecular formula is C26H28F5N3O. The molecule has 0 radical (unpaired) electrons. The number of fused-ring (bicyclic) bond motifs is 3. The molecule has 2 aromatic carbocycles. The van der Waals surface area contributed by atoms with Gasteiger partial charge in [-0.25, -0.2) is 17.6 Å². The largest absolute Gasteiger partial charge is 0.492 e. The van der Waals surface area contributed by atoms with Crippen LogP contribution in [0.5, 0.6) is 5.75 Å². The third-order valence-electron chi connectivity index (χ3n) is 7.12. The number of halogens is 5. The van der Waals surface area contributed by atoms with Gasteiger partial charge in [-0.05, 0) is 25.0 Å². The maximum Gasteiger partial charge on any atom is 0.251 e. The Morgan fingerprint density at radius 3 is 2.51 bits per heavy atom. The molecule has 1 saturated heterocycles. The van der Waals surface area contributed by atoms with E-state index in [0.29, 0.717) is 31.7 Å². The molecule has 2 aliphatic rings. The van der Waals surface area contributed by atoms with Crippen molar-refractivity contribution in [2.24, 2.45) is 5.92 Å². The van der Waals surface area contributed by atoms with E-state index >= 15 is 8.78 Å². The van der Waals surface area contributed by atoms with Crippen molar-refractivity contribution in [1.29, 1.82) is 0 Å². The second kappa shape index (κ2) is 9.78. The highest BCUT2D eigenvalue weighted by Gasteiger charge is 2.39. The normalized spacial score (nSPS) is 21.5. The van der Waals surface area contributed by atoms with Crippen molar-refractivity contribution >= 4 is 10.9 Å². The molecule has 4 nitrogen and oxygen atoms in total. The second-order valence-electron chi connectivity index (χ2n) is 9.54. The van der Waals surface area contributed by atoms with Crippen LogP contribution in [-0.4, -0.2) is 66.7 Å². The van der Waals surface area contributed by atoms with E-state index < -0.39 is 30.6 Å². The van der Waals surface area contributed by atoms with E-state index in [-0.39, 0.29) is 36.6 Å². The van der Waals surface area contributed by atoms with Gasteiger partial charge in [0.05, 0.1) is 19.3 Å². The van der Waals surface area contributed by atoms with E-state index in [2.05, 4.69) is 4.98 Å². The molecule has 1 unspecified atom stereocenters. The Hall–Kier alpha value is -2.65. The first kappa shape index (κ1) is 24.1. The first-order valence-electron chi connectivity index (χ1n) is 11.9. The molecule has 2 aliphatic heterocycles. The minimum absolute atomic E-state index is 0.0347. The highest BCUT2D eigenvalue weighted by molar-refractivity contribution is 5.85. The van der Waals surface area contributed by atoms with Crippen molar-refractivity contribution in [3.8, 4) is 5.75 Å². The number of aromatic nitrogens is 1. The number of alkyl halides is 3. The topological polar surface area (TPSA) is 31.5 Å². The Morgan fingerprint density at radius 2 is 1.83 bits per heavy atom. The average molecular weight is 494 g/mol. The van der Waals surface area contributed by atoms with E-state index in [4.69, 9.17) is 4.74 Å². The first-order chi connectivity index (χ1) is 16.9. The molecule has 1 N–H and O–H groups in total. The molecule has 0 spiro atoms. The fourth-order valence-electron chi connectivity index (χ4n) is 5.42. The molecule has 0 bridgehead atoms. The Balaban J connectivity index is 1.45. The van der Waals surface area contributed by atoms with Gasteiger partial charge in [-0.1, -0.05) is 18.2 Å². The van der Waals surface area contributed by atoms with Gasteiger partial charge in [0.25, 0.3) is 6.43 Å². The minimum atomic E-state index is -2.65. The monoisotopic (exact) mass is 493 g/mol. The number of para-hydroxylation sites is 1. The number of hydrogen-bond acceptors (Lipinski definition) is 3. The molecule has 5 rings (SSSR count). The summed E-state index contributed by atoms with van der Waals surface area (Å²) in [6, 6.07) is 8.38. The lowest BCUT2D eigenvalue weighted by Crippen LogP contribution is -2.49. The van der Waals surface area contributed by atoms with Gasteiger partial charge in [0.15, 0.2) is 0 Å². The maximum atomic E-state index is 15.4. The van der Waals surface area contributed by atoms with E-state index in [9.17, 15) is 13.2 Å². The van der Waals surface area contributed by atoms with Crippen molar-refractivity contribution in [3.63, 3.8) is 0 Å². The van der Waals surface area contributed by atoms with Crippen LogP contribution >= 0.6 is 0 Å². The van der Waals surface area contributed by atoms with Crippen LogP contribution in [0.2, 0.25) is 0 Å². The predicted molar refractivity (Wildman–Crippen MR) is 124 cm³/mol. The molecule has 2 atom stereocenters. The quantitative estimate of drug-likeness (QED) is 0.431. The van der Waals surface area contributed by atoms with Gasteiger partial charge in [0.2, 0.25) is 0 Å². The summed E-state index contributed by atoms with van der Waals surface area (Å²) in [7, 11) is 0. The van der Waals surface area contributed by atoms with E-state index in [1.165, 1.54) is 4.90 Å². The van der Waals surface area contributed by atoms with Gasteiger partial charge in [-0.2, -0.15) is 0 Å². The molecule has 0 amide bonds. The van der Waals surface area contributed by atoms with E-state index in [1.807, 2.05) is 29.2 Å². The molecular weight excluding hydrogens is 465 g/mol. The smallest absolute Gasteiger partial charge is 0.251 e. The number of aromatic amines is 1. The number of H-pyrrole nitrogens is 1. The van der Waals surface area contributed by atoms with Crippen LogP contribution < -0.4 is 4.74 Å². The van der Waals surface area contributed by atoms with Gasteiger partial charge in [-0.15, -0.1) is 0 Å². The first-order valence-corrected chi connectivity index (χ1v) is 11.9. The summed E-state index contributed by atoms with van der Waals surface area (Å²) in [6.45, 7) is 2.88. The summed E-state index contributed by atoms with van der Waals surface area (Å²) in [6.07, 6.45) is -2.16. The van der Waals surface area contributed by atoms with Gasteiger partial charge in [0.1, 0.15) is 24.0 Å². The molecule has 0 saturated carbocycles. The Labute approximate surface area is 200 Å². The van der Waals surface area contributed by atoms with Crippen LogP contribution in [-0.2, 0) is 6.42 Å². The van der Waals surface area contributed by atoms with E-state index in [0.717, 1.165) is 28.6 Å². The zero-order valence-electron chi connectivity index (χ0n) is 19.4. The van der Waals surface area contributed by atoms with Crippen LogP contribution in [0.15, 0.2) is 36.4 Å². The Kier molecular flexibility index (Phi) is 6.72. The van der Waals surface area contributed by atoms with Crippen LogP contribution in [0.25, 0.3) is 10.9 Å². The van der Waals surface area contributed by atoms with Crippen molar-refractivity contribution in [3.05, 3.63) is 64.9 Å². The number of benzene rings is 2. The fourth-order valence-corrected chi connectivity index (χ4v) is 5.42. The number of nitrogens with one attached hydrogen (secondary N) is 1. The third-order valence-corrected chi connectivity index (χ3v) is 7.12. The highest BCUT2D eigenvalue weighted by atomic mass is 19.3. The van der Waals surface area contributed by atoms with Crippen LogP contribution in [0.1, 0.15) is 29.8 Å². The summed E-state index contributed by atoms with van der Waals surface area (Å²) in [5.41, 5.74) is 1.96. The second-order valence-corrected chi connectivity index (χ2v) is 9.54. The van der Waals surface area contributed by atoms with Crippen molar-refractivity contribution in [1.82, 2.24) is 14.8 Å². The minimum Gasteiger partial charge on any atom is -0.492 e. The lowest BCUT2D eigenvalue weighted by Gasteiger charge is -2.41. The summed E-state index contributed by atoms with van der Waals surface area (Å²) >= 11 is 0. The summed E-state index contributed by atoms with van der Waals surface area (Å²) in [5.74, 6) is -1.60. The fraction of sp³-hybridized carbons (Fsp3) is 0.462. The lowest BCUT2D eigenvalue weighted by atomic mass is 9.88. The number of nitrogens with zero attached hydrogens (tertiary/aromatic N) is 2. The summed E-state index contributed by atoms with van der Waals surface area (Å²) < 4.78 is 76.1. The number of hydrogen-bond donors (Lipinski definition) is 1. The Morgan fingerprint density at radius 1 is 1.11 bits per heavy atom. The summed E-state index contributed by atoms with van der Waals surface area (Å²) in [5, 5.41) is 0.929. The highest BCUT2D eigenvalue weighted by Crippen LogP contribution is 2.43. The Bertz CT molecular complexity index is 1170. The predicted octanol–water partition coefficient (Wildman–Crippen LogP) is 5.33.